The Morgan fingerprint density at radius 1 is 1.04 bits per heavy atom. The van der Waals surface area contributed by atoms with Crippen LogP contribution in [-0.2, 0) is 4.79 Å². The molecular formula is C19H14ClN3O2. The van der Waals surface area contributed by atoms with Crippen LogP contribution in [0.4, 0.5) is 5.69 Å². The van der Waals surface area contributed by atoms with Crippen molar-refractivity contribution >= 4 is 29.3 Å². The van der Waals surface area contributed by atoms with E-state index in [4.69, 9.17) is 11.6 Å². The zero-order valence-electron chi connectivity index (χ0n) is 13.1. The molecular weight excluding hydrogens is 338 g/mol. The molecule has 25 heavy (non-hydrogen) atoms. The monoisotopic (exact) mass is 351 g/mol. The SMILES string of the molecule is O=C(/C=C/c1ccccc1Cl)Nc1ccccc1-c1ccc(=O)[nH]n1. The number of aromatic nitrogens is 2. The van der Waals surface area contributed by atoms with Gasteiger partial charge in [-0.25, -0.2) is 5.10 Å². The number of anilines is 1. The van der Waals surface area contributed by atoms with Gasteiger partial charge >= 0.3 is 0 Å². The lowest BCUT2D eigenvalue weighted by molar-refractivity contribution is -0.111. The highest BCUT2D eigenvalue weighted by Gasteiger charge is 2.08. The first-order chi connectivity index (χ1) is 12.1. The molecule has 0 aliphatic rings. The molecule has 1 aromatic heterocycles. The number of H-pyrrole nitrogens is 1. The number of hydrogen-bond acceptors (Lipinski definition) is 3. The number of rotatable bonds is 4. The first-order valence-electron chi connectivity index (χ1n) is 7.52. The molecule has 0 saturated carbocycles. The Kier molecular flexibility index (Phi) is 5.06. The van der Waals surface area contributed by atoms with Gasteiger partial charge in [-0.05, 0) is 29.8 Å². The summed E-state index contributed by atoms with van der Waals surface area (Å²) in [6.45, 7) is 0. The summed E-state index contributed by atoms with van der Waals surface area (Å²) in [6, 6.07) is 17.5. The zero-order valence-corrected chi connectivity index (χ0v) is 13.8. The van der Waals surface area contributed by atoms with E-state index in [1.54, 1.807) is 24.3 Å². The molecule has 1 heterocycles. The minimum Gasteiger partial charge on any atom is -0.322 e. The Bertz CT molecular complexity index is 975. The third kappa shape index (κ3) is 4.22. The third-order valence-corrected chi connectivity index (χ3v) is 3.80. The Labute approximate surface area is 149 Å². The molecule has 0 aliphatic carbocycles. The zero-order chi connectivity index (χ0) is 17.6. The van der Waals surface area contributed by atoms with Crippen molar-refractivity contribution in [1.29, 1.82) is 0 Å². The van der Waals surface area contributed by atoms with Crippen LogP contribution >= 0.6 is 11.6 Å². The van der Waals surface area contributed by atoms with Crippen LogP contribution in [0.2, 0.25) is 5.02 Å². The molecule has 124 valence electrons. The summed E-state index contributed by atoms with van der Waals surface area (Å²) >= 11 is 6.07. The normalized spacial score (nSPS) is 10.8. The van der Waals surface area contributed by atoms with Gasteiger partial charge in [0.25, 0.3) is 5.56 Å². The summed E-state index contributed by atoms with van der Waals surface area (Å²) in [4.78, 5) is 23.4. The van der Waals surface area contributed by atoms with E-state index in [1.165, 1.54) is 12.1 Å². The highest BCUT2D eigenvalue weighted by Crippen LogP contribution is 2.25. The summed E-state index contributed by atoms with van der Waals surface area (Å²) in [6.07, 6.45) is 3.07. The molecule has 0 radical (unpaired) electrons. The van der Waals surface area contributed by atoms with Crippen LogP contribution in [0.1, 0.15) is 5.56 Å². The quantitative estimate of drug-likeness (QED) is 0.703. The van der Waals surface area contributed by atoms with Gasteiger partial charge in [-0.3, -0.25) is 9.59 Å². The lowest BCUT2D eigenvalue weighted by Gasteiger charge is -2.08. The minimum absolute atomic E-state index is 0.284. The molecule has 3 rings (SSSR count). The maximum Gasteiger partial charge on any atom is 0.264 e. The van der Waals surface area contributed by atoms with Crippen molar-refractivity contribution in [2.45, 2.75) is 0 Å². The number of carbonyl (C=O) groups is 1. The number of carbonyl (C=O) groups excluding carboxylic acids is 1. The Balaban J connectivity index is 1.81. The number of benzene rings is 2. The van der Waals surface area contributed by atoms with Crippen LogP contribution < -0.4 is 10.9 Å². The molecule has 2 aromatic carbocycles. The molecule has 0 spiro atoms. The van der Waals surface area contributed by atoms with Gasteiger partial charge in [-0.15, -0.1) is 0 Å². The number of halogens is 1. The minimum atomic E-state index is -0.295. The van der Waals surface area contributed by atoms with E-state index in [1.807, 2.05) is 36.4 Å². The van der Waals surface area contributed by atoms with E-state index < -0.39 is 0 Å². The van der Waals surface area contributed by atoms with Gasteiger partial charge < -0.3 is 5.32 Å². The predicted octanol–water partition coefficient (Wildman–Crippen LogP) is 3.74. The van der Waals surface area contributed by atoms with E-state index in [9.17, 15) is 9.59 Å². The topological polar surface area (TPSA) is 74.8 Å². The summed E-state index contributed by atoms with van der Waals surface area (Å²) in [5.74, 6) is -0.295. The average Bonchev–Trinajstić information content (AvgIpc) is 2.62. The molecule has 0 atom stereocenters. The Hall–Kier alpha value is -3.18. The first kappa shape index (κ1) is 16.7. The van der Waals surface area contributed by atoms with Gasteiger partial charge in [0.2, 0.25) is 5.91 Å². The largest absolute Gasteiger partial charge is 0.322 e. The van der Waals surface area contributed by atoms with Crippen molar-refractivity contribution in [2.75, 3.05) is 5.32 Å². The smallest absolute Gasteiger partial charge is 0.264 e. The second-order valence-electron chi connectivity index (χ2n) is 5.20. The van der Waals surface area contributed by atoms with Crippen LogP contribution in [-0.4, -0.2) is 16.1 Å². The molecule has 2 N–H and O–H groups in total. The van der Waals surface area contributed by atoms with Crippen molar-refractivity contribution in [1.82, 2.24) is 10.2 Å². The van der Waals surface area contributed by atoms with E-state index in [-0.39, 0.29) is 11.5 Å². The van der Waals surface area contributed by atoms with Crippen molar-refractivity contribution < 1.29 is 4.79 Å². The van der Waals surface area contributed by atoms with Crippen LogP contribution in [0.3, 0.4) is 0 Å². The number of nitrogens with zero attached hydrogens (tertiary/aromatic N) is 1. The van der Waals surface area contributed by atoms with Crippen molar-refractivity contribution in [3.63, 3.8) is 0 Å². The van der Waals surface area contributed by atoms with Crippen LogP contribution in [0.5, 0.6) is 0 Å². The molecule has 3 aromatic rings. The number of para-hydroxylation sites is 1. The molecule has 0 fully saturated rings. The molecule has 1 amide bonds. The lowest BCUT2D eigenvalue weighted by atomic mass is 10.1. The van der Waals surface area contributed by atoms with E-state index in [2.05, 4.69) is 15.5 Å². The molecule has 6 heteroatoms. The fraction of sp³-hybridized carbons (Fsp3) is 0. The predicted molar refractivity (Wildman–Crippen MR) is 99.4 cm³/mol. The third-order valence-electron chi connectivity index (χ3n) is 3.46. The second-order valence-corrected chi connectivity index (χ2v) is 5.60. The maximum absolute atomic E-state index is 12.2. The molecule has 0 saturated heterocycles. The van der Waals surface area contributed by atoms with Crippen molar-refractivity contribution in [3.05, 3.63) is 87.7 Å². The summed E-state index contributed by atoms with van der Waals surface area (Å²) < 4.78 is 0. The van der Waals surface area contributed by atoms with E-state index in [0.717, 1.165) is 5.56 Å². The van der Waals surface area contributed by atoms with Crippen LogP contribution in [0.25, 0.3) is 17.3 Å². The van der Waals surface area contributed by atoms with Gasteiger partial charge in [0.1, 0.15) is 0 Å². The number of hydrogen-bond donors (Lipinski definition) is 2. The maximum atomic E-state index is 12.2. The van der Waals surface area contributed by atoms with Crippen molar-refractivity contribution in [3.8, 4) is 11.3 Å². The second kappa shape index (κ2) is 7.59. The van der Waals surface area contributed by atoms with Gasteiger partial charge in [0.15, 0.2) is 0 Å². The summed E-state index contributed by atoms with van der Waals surface area (Å²) in [7, 11) is 0. The van der Waals surface area contributed by atoms with Gasteiger partial charge in [0.05, 0.1) is 11.4 Å². The number of nitrogens with one attached hydrogen (secondary N) is 2. The standard InChI is InChI=1S/C19H14ClN3O2/c20-15-7-3-1-5-13(15)9-11-18(24)21-16-8-4-2-6-14(16)17-10-12-19(25)23-22-17/h1-12H,(H,21,24)(H,23,25)/b11-9+. The molecule has 5 nitrogen and oxygen atoms in total. The highest BCUT2D eigenvalue weighted by atomic mass is 35.5. The molecule has 0 bridgehead atoms. The van der Waals surface area contributed by atoms with Crippen molar-refractivity contribution in [2.24, 2.45) is 0 Å². The fourth-order valence-corrected chi connectivity index (χ4v) is 2.46. The van der Waals surface area contributed by atoms with E-state index >= 15 is 0 Å². The van der Waals surface area contributed by atoms with Gasteiger partial charge in [-0.2, -0.15) is 5.10 Å². The highest BCUT2D eigenvalue weighted by molar-refractivity contribution is 6.32. The van der Waals surface area contributed by atoms with Gasteiger partial charge in [0, 0.05) is 22.7 Å². The van der Waals surface area contributed by atoms with Crippen LogP contribution in [0.15, 0.2) is 71.5 Å². The summed E-state index contributed by atoms with van der Waals surface area (Å²) in [5, 5.41) is 9.77. The van der Waals surface area contributed by atoms with Crippen LogP contribution in [0, 0.1) is 0 Å². The Morgan fingerprint density at radius 3 is 2.56 bits per heavy atom. The molecule has 0 aliphatic heterocycles. The lowest BCUT2D eigenvalue weighted by Crippen LogP contribution is -2.10. The summed E-state index contributed by atoms with van der Waals surface area (Å²) in [5.41, 5.74) is 2.34. The van der Waals surface area contributed by atoms with Gasteiger partial charge in [-0.1, -0.05) is 48.0 Å². The number of amides is 1. The average molecular weight is 352 g/mol. The fourth-order valence-electron chi connectivity index (χ4n) is 2.26. The number of aromatic amines is 1. The molecule has 0 unspecified atom stereocenters. The van der Waals surface area contributed by atoms with E-state index in [0.29, 0.717) is 22.0 Å². The first-order valence-corrected chi connectivity index (χ1v) is 7.90. The Morgan fingerprint density at radius 2 is 1.80 bits per heavy atom.